The van der Waals surface area contributed by atoms with Crippen molar-refractivity contribution in [2.45, 2.75) is 6.10 Å². The summed E-state index contributed by atoms with van der Waals surface area (Å²) in [4.78, 5) is 0. The van der Waals surface area contributed by atoms with Gasteiger partial charge in [-0.25, -0.2) is 0 Å². The van der Waals surface area contributed by atoms with E-state index in [1.54, 1.807) is 19.9 Å². The monoisotopic (exact) mass is 99.1 g/mol. The SMILES string of the molecule is COC1[CH]NN=C1. The van der Waals surface area contributed by atoms with Crippen molar-refractivity contribution in [2.24, 2.45) is 5.10 Å². The van der Waals surface area contributed by atoms with Crippen LogP contribution in [0.4, 0.5) is 0 Å². The fourth-order valence-corrected chi connectivity index (χ4v) is 0.405. The van der Waals surface area contributed by atoms with Crippen LogP contribution in [0.3, 0.4) is 0 Å². The van der Waals surface area contributed by atoms with E-state index in [9.17, 15) is 0 Å². The van der Waals surface area contributed by atoms with Gasteiger partial charge in [0.15, 0.2) is 0 Å². The van der Waals surface area contributed by atoms with E-state index in [0.29, 0.717) is 0 Å². The summed E-state index contributed by atoms with van der Waals surface area (Å²) in [5, 5.41) is 3.68. The van der Waals surface area contributed by atoms with Crippen LogP contribution < -0.4 is 5.43 Å². The summed E-state index contributed by atoms with van der Waals surface area (Å²) in [6.07, 6.45) is 1.76. The van der Waals surface area contributed by atoms with E-state index < -0.39 is 0 Å². The molecule has 0 spiro atoms. The molecule has 1 N–H and O–H groups in total. The molecular weight excluding hydrogens is 92.1 g/mol. The van der Waals surface area contributed by atoms with E-state index in [2.05, 4.69) is 10.5 Å². The predicted molar refractivity (Wildman–Crippen MR) is 26.7 cm³/mol. The first-order chi connectivity index (χ1) is 3.43. The molecule has 1 heterocycles. The van der Waals surface area contributed by atoms with E-state index >= 15 is 0 Å². The van der Waals surface area contributed by atoms with Crippen LogP contribution in [-0.4, -0.2) is 19.4 Å². The molecule has 0 saturated heterocycles. The molecule has 0 bridgehead atoms. The third kappa shape index (κ3) is 0.899. The highest BCUT2D eigenvalue weighted by molar-refractivity contribution is 5.66. The molecule has 7 heavy (non-hydrogen) atoms. The normalized spacial score (nSPS) is 27.9. The first-order valence-electron chi connectivity index (χ1n) is 2.08. The van der Waals surface area contributed by atoms with Gasteiger partial charge in [-0.1, -0.05) is 0 Å². The predicted octanol–water partition coefficient (Wildman–Crippen LogP) is -0.248. The number of hydrogen-bond donors (Lipinski definition) is 1. The Morgan fingerprint density at radius 2 is 2.71 bits per heavy atom. The molecule has 0 aliphatic carbocycles. The molecule has 3 nitrogen and oxygen atoms in total. The minimum atomic E-state index is 0.0694. The van der Waals surface area contributed by atoms with E-state index in [0.717, 1.165) is 0 Å². The largest absolute Gasteiger partial charge is 0.373 e. The molecule has 0 aromatic rings. The zero-order valence-electron chi connectivity index (χ0n) is 4.09. The maximum absolute atomic E-state index is 4.84. The van der Waals surface area contributed by atoms with Crippen molar-refractivity contribution in [3.63, 3.8) is 0 Å². The molecule has 1 radical (unpaired) electrons. The summed E-state index contributed by atoms with van der Waals surface area (Å²) in [5.41, 5.74) is 2.64. The first kappa shape index (κ1) is 4.59. The minimum Gasteiger partial charge on any atom is -0.373 e. The zero-order chi connectivity index (χ0) is 5.11. The zero-order valence-corrected chi connectivity index (χ0v) is 4.09. The number of nitrogens with one attached hydrogen (secondary N) is 1. The van der Waals surface area contributed by atoms with Gasteiger partial charge in [0.25, 0.3) is 0 Å². The van der Waals surface area contributed by atoms with Gasteiger partial charge in [-0.3, -0.25) is 0 Å². The highest BCUT2D eigenvalue weighted by Gasteiger charge is 2.06. The Kier molecular flexibility index (Phi) is 1.26. The van der Waals surface area contributed by atoms with E-state index in [1.807, 2.05) is 0 Å². The lowest BCUT2D eigenvalue weighted by Crippen LogP contribution is -2.10. The van der Waals surface area contributed by atoms with E-state index in [4.69, 9.17) is 4.74 Å². The third-order valence-electron chi connectivity index (χ3n) is 0.807. The lowest BCUT2D eigenvalue weighted by atomic mass is 10.4. The second-order valence-electron chi connectivity index (χ2n) is 1.27. The fourth-order valence-electron chi connectivity index (χ4n) is 0.405. The molecule has 3 heteroatoms. The van der Waals surface area contributed by atoms with Gasteiger partial charge in [-0.2, -0.15) is 5.10 Å². The average molecular weight is 99.1 g/mol. The second kappa shape index (κ2) is 1.93. The molecule has 1 aliphatic rings. The van der Waals surface area contributed by atoms with Gasteiger partial charge in [-0.15, -0.1) is 0 Å². The molecule has 0 amide bonds. The van der Waals surface area contributed by atoms with Crippen molar-refractivity contribution in [2.75, 3.05) is 7.11 Å². The topological polar surface area (TPSA) is 33.6 Å². The van der Waals surface area contributed by atoms with Crippen molar-refractivity contribution < 1.29 is 4.74 Å². The molecule has 1 unspecified atom stereocenters. The Labute approximate surface area is 42.4 Å². The summed E-state index contributed by atoms with van der Waals surface area (Å²) in [6, 6.07) is 0. The maximum Gasteiger partial charge on any atom is 0.118 e. The number of methoxy groups -OCH3 is 1. The van der Waals surface area contributed by atoms with Crippen LogP contribution in [0.15, 0.2) is 5.10 Å². The number of rotatable bonds is 1. The summed E-state index contributed by atoms with van der Waals surface area (Å²) in [7, 11) is 1.64. The van der Waals surface area contributed by atoms with Crippen LogP contribution in [0.25, 0.3) is 0 Å². The first-order valence-corrected chi connectivity index (χ1v) is 2.08. The Hall–Kier alpha value is -0.570. The van der Waals surface area contributed by atoms with Gasteiger partial charge in [-0.05, 0) is 0 Å². The number of hydrogen-bond acceptors (Lipinski definition) is 3. The molecule has 1 aliphatic heterocycles. The lowest BCUT2D eigenvalue weighted by Gasteiger charge is -1.97. The second-order valence-corrected chi connectivity index (χ2v) is 1.27. The van der Waals surface area contributed by atoms with Crippen LogP contribution in [0.5, 0.6) is 0 Å². The lowest BCUT2D eigenvalue weighted by molar-refractivity contribution is 0.183. The van der Waals surface area contributed by atoms with Crippen molar-refractivity contribution >= 4 is 6.21 Å². The van der Waals surface area contributed by atoms with Gasteiger partial charge >= 0.3 is 0 Å². The van der Waals surface area contributed by atoms with Crippen LogP contribution in [0, 0.1) is 6.54 Å². The quantitative estimate of drug-likeness (QED) is 0.492. The van der Waals surface area contributed by atoms with Crippen molar-refractivity contribution in [3.05, 3.63) is 6.54 Å². The van der Waals surface area contributed by atoms with Gasteiger partial charge < -0.3 is 10.2 Å². The van der Waals surface area contributed by atoms with Crippen LogP contribution in [-0.2, 0) is 4.74 Å². The van der Waals surface area contributed by atoms with E-state index in [-0.39, 0.29) is 6.10 Å². The number of ether oxygens (including phenoxy) is 1. The molecular formula is C4H7N2O. The number of hydrazone groups is 1. The standard InChI is InChI=1S/C4H7N2O/c1-7-4-2-5-6-3-4/h2-5H,1H3. The molecule has 1 rings (SSSR count). The van der Waals surface area contributed by atoms with Crippen LogP contribution in [0.1, 0.15) is 0 Å². The summed E-state index contributed by atoms with van der Waals surface area (Å²) >= 11 is 0. The molecule has 0 fully saturated rings. The van der Waals surface area contributed by atoms with Crippen LogP contribution in [0.2, 0.25) is 0 Å². The number of nitrogens with zero attached hydrogens (tertiary/aromatic N) is 1. The van der Waals surface area contributed by atoms with Gasteiger partial charge in [0.1, 0.15) is 6.10 Å². The van der Waals surface area contributed by atoms with Crippen LogP contribution >= 0.6 is 0 Å². The molecule has 0 aromatic carbocycles. The highest BCUT2D eigenvalue weighted by Crippen LogP contribution is 1.92. The Bertz CT molecular complexity index is 81.8. The summed E-state index contributed by atoms with van der Waals surface area (Å²) in [5.74, 6) is 0. The van der Waals surface area contributed by atoms with Crippen molar-refractivity contribution in [3.8, 4) is 0 Å². The van der Waals surface area contributed by atoms with Crippen molar-refractivity contribution in [1.29, 1.82) is 0 Å². The summed E-state index contributed by atoms with van der Waals surface area (Å²) < 4.78 is 4.84. The van der Waals surface area contributed by atoms with Gasteiger partial charge in [0.05, 0.1) is 12.8 Å². The smallest absolute Gasteiger partial charge is 0.118 e. The van der Waals surface area contributed by atoms with E-state index in [1.165, 1.54) is 0 Å². The fraction of sp³-hybridized carbons (Fsp3) is 0.500. The molecule has 0 saturated carbocycles. The Morgan fingerprint density at radius 1 is 1.86 bits per heavy atom. The molecule has 1 atom stereocenters. The van der Waals surface area contributed by atoms with Crippen molar-refractivity contribution in [1.82, 2.24) is 5.43 Å². The average Bonchev–Trinajstić information content (AvgIpc) is 2.14. The third-order valence-corrected chi connectivity index (χ3v) is 0.807. The summed E-state index contributed by atoms with van der Waals surface area (Å²) in [6.45, 7) is 1.76. The minimum absolute atomic E-state index is 0.0694. The van der Waals surface area contributed by atoms with Gasteiger partial charge in [0.2, 0.25) is 0 Å². The Morgan fingerprint density at radius 3 is 3.00 bits per heavy atom. The Balaban J connectivity index is 2.28. The van der Waals surface area contributed by atoms with Gasteiger partial charge in [0, 0.05) is 7.11 Å². The highest BCUT2D eigenvalue weighted by atomic mass is 16.5. The maximum atomic E-state index is 4.84. The molecule has 0 aromatic heterocycles. The molecule has 39 valence electrons.